The Morgan fingerprint density at radius 3 is 2.72 bits per heavy atom. The van der Waals surface area contributed by atoms with Gasteiger partial charge in [0.25, 0.3) is 0 Å². The minimum Gasteiger partial charge on any atom is -0.368 e. The zero-order valence-electron chi connectivity index (χ0n) is 10.8. The molecule has 102 valence electrons. The van der Waals surface area contributed by atoms with E-state index >= 15 is 0 Å². The third-order valence-corrected chi connectivity index (χ3v) is 3.69. The highest BCUT2D eigenvalue weighted by atomic mass is 16.5. The molecular weight excluding hydrogens is 234 g/mol. The van der Waals surface area contributed by atoms with Crippen molar-refractivity contribution in [1.82, 2.24) is 10.2 Å². The van der Waals surface area contributed by atoms with Gasteiger partial charge in [0, 0.05) is 19.6 Å². The predicted molar refractivity (Wildman–Crippen MR) is 65.8 cm³/mol. The van der Waals surface area contributed by atoms with Crippen LogP contribution in [0.3, 0.4) is 0 Å². The fourth-order valence-corrected chi connectivity index (χ4v) is 2.42. The number of hydrogen-bond donors (Lipinski definition) is 2. The van der Waals surface area contributed by atoms with Crippen molar-refractivity contribution >= 4 is 11.8 Å². The lowest BCUT2D eigenvalue weighted by molar-refractivity contribution is -0.152. The fourth-order valence-electron chi connectivity index (χ4n) is 2.42. The van der Waals surface area contributed by atoms with Gasteiger partial charge in [-0.05, 0) is 26.2 Å². The third kappa shape index (κ3) is 2.81. The monoisotopic (exact) mass is 255 g/mol. The number of likely N-dealkylation sites (tertiary alicyclic amines) is 1. The minimum atomic E-state index is -0.456. The van der Waals surface area contributed by atoms with Gasteiger partial charge in [0.15, 0.2) is 0 Å². The molecule has 0 bridgehead atoms. The van der Waals surface area contributed by atoms with Gasteiger partial charge in [-0.3, -0.25) is 9.59 Å². The van der Waals surface area contributed by atoms with Crippen LogP contribution in [-0.4, -0.2) is 54.6 Å². The fraction of sp³-hybridized carbons (Fsp3) is 0.833. The molecule has 2 aliphatic rings. The minimum absolute atomic E-state index is 0.0297. The standard InChI is InChI=1S/C12H21N3O3/c1-12(7-14-8-12)18-6-10(16)15-5-3-2-4-9(15)11(13)17/h9,14H,2-8H2,1H3,(H2,13,17). The molecule has 1 atom stereocenters. The molecule has 2 rings (SSSR count). The SMILES string of the molecule is CC1(OCC(=O)N2CCCCC2C(N)=O)CNC1. The van der Waals surface area contributed by atoms with E-state index in [4.69, 9.17) is 10.5 Å². The Morgan fingerprint density at radius 1 is 1.44 bits per heavy atom. The number of hydrogen-bond acceptors (Lipinski definition) is 4. The first-order valence-electron chi connectivity index (χ1n) is 6.45. The first-order valence-corrected chi connectivity index (χ1v) is 6.45. The Bertz CT molecular complexity index is 341. The summed E-state index contributed by atoms with van der Waals surface area (Å²) in [6.07, 6.45) is 2.54. The molecule has 0 radical (unpaired) electrons. The molecule has 0 aromatic carbocycles. The van der Waals surface area contributed by atoms with Crippen molar-refractivity contribution in [3.05, 3.63) is 0 Å². The summed E-state index contributed by atoms with van der Waals surface area (Å²) in [4.78, 5) is 25.0. The lowest BCUT2D eigenvalue weighted by Gasteiger charge is -2.40. The van der Waals surface area contributed by atoms with E-state index in [9.17, 15) is 9.59 Å². The van der Waals surface area contributed by atoms with E-state index < -0.39 is 11.9 Å². The molecule has 2 heterocycles. The number of rotatable bonds is 4. The van der Waals surface area contributed by atoms with E-state index in [-0.39, 0.29) is 18.1 Å². The van der Waals surface area contributed by atoms with Gasteiger partial charge in [-0.2, -0.15) is 0 Å². The molecule has 0 saturated carbocycles. The van der Waals surface area contributed by atoms with Gasteiger partial charge in [0.05, 0.1) is 5.60 Å². The highest BCUT2D eigenvalue weighted by Crippen LogP contribution is 2.19. The summed E-state index contributed by atoms with van der Waals surface area (Å²) in [6, 6.07) is -0.456. The Balaban J connectivity index is 1.87. The molecule has 2 aliphatic heterocycles. The van der Waals surface area contributed by atoms with Crippen molar-refractivity contribution in [2.24, 2.45) is 5.73 Å². The molecule has 6 heteroatoms. The second-order valence-corrected chi connectivity index (χ2v) is 5.34. The Kier molecular flexibility index (Phi) is 3.87. The summed E-state index contributed by atoms with van der Waals surface area (Å²) in [5.41, 5.74) is 5.09. The van der Waals surface area contributed by atoms with Crippen LogP contribution in [0.5, 0.6) is 0 Å². The van der Waals surface area contributed by atoms with E-state index in [0.717, 1.165) is 25.9 Å². The van der Waals surface area contributed by atoms with Crippen molar-refractivity contribution in [2.75, 3.05) is 26.2 Å². The summed E-state index contributed by atoms with van der Waals surface area (Å²) in [5.74, 6) is -0.550. The van der Waals surface area contributed by atoms with Crippen LogP contribution in [0.15, 0.2) is 0 Å². The Morgan fingerprint density at radius 2 is 2.17 bits per heavy atom. The van der Waals surface area contributed by atoms with Crippen LogP contribution < -0.4 is 11.1 Å². The zero-order valence-corrected chi connectivity index (χ0v) is 10.8. The molecule has 6 nitrogen and oxygen atoms in total. The summed E-state index contributed by atoms with van der Waals surface area (Å²) in [5, 5.41) is 3.11. The van der Waals surface area contributed by atoms with Gasteiger partial charge < -0.3 is 20.7 Å². The quantitative estimate of drug-likeness (QED) is 0.691. The maximum absolute atomic E-state index is 12.1. The normalized spacial score (nSPS) is 26.5. The Hall–Kier alpha value is -1.14. The highest BCUT2D eigenvalue weighted by Gasteiger charge is 2.35. The van der Waals surface area contributed by atoms with Gasteiger partial charge in [0.1, 0.15) is 12.6 Å². The van der Waals surface area contributed by atoms with E-state index in [1.54, 1.807) is 4.90 Å². The van der Waals surface area contributed by atoms with Crippen LogP contribution in [0.2, 0.25) is 0 Å². The smallest absolute Gasteiger partial charge is 0.249 e. The number of nitrogens with two attached hydrogens (primary N) is 1. The van der Waals surface area contributed by atoms with Gasteiger partial charge in [0.2, 0.25) is 11.8 Å². The molecule has 2 saturated heterocycles. The number of carbonyl (C=O) groups excluding carboxylic acids is 2. The molecule has 2 fully saturated rings. The average molecular weight is 255 g/mol. The number of carbonyl (C=O) groups is 2. The van der Waals surface area contributed by atoms with Crippen LogP contribution in [0, 0.1) is 0 Å². The number of piperidine rings is 1. The lowest BCUT2D eigenvalue weighted by Crippen LogP contribution is -2.60. The third-order valence-electron chi connectivity index (χ3n) is 3.69. The average Bonchev–Trinajstić information content (AvgIpc) is 2.33. The summed E-state index contributed by atoms with van der Waals surface area (Å²) < 4.78 is 5.60. The number of nitrogens with zero attached hydrogens (tertiary/aromatic N) is 1. The van der Waals surface area contributed by atoms with Gasteiger partial charge in [-0.25, -0.2) is 0 Å². The van der Waals surface area contributed by atoms with Crippen LogP contribution in [0.25, 0.3) is 0 Å². The number of nitrogens with one attached hydrogen (secondary N) is 1. The molecule has 1 unspecified atom stereocenters. The summed E-state index contributed by atoms with van der Waals surface area (Å²) in [6.45, 7) is 4.13. The predicted octanol–water partition coefficient (Wildman–Crippen LogP) is -0.769. The summed E-state index contributed by atoms with van der Waals surface area (Å²) in [7, 11) is 0. The molecule has 0 aromatic rings. The number of ether oxygens (including phenoxy) is 1. The highest BCUT2D eigenvalue weighted by molar-refractivity contribution is 5.87. The summed E-state index contributed by atoms with van der Waals surface area (Å²) >= 11 is 0. The largest absolute Gasteiger partial charge is 0.368 e. The first kappa shape index (κ1) is 13.3. The maximum Gasteiger partial charge on any atom is 0.249 e. The van der Waals surface area contributed by atoms with E-state index in [1.165, 1.54) is 0 Å². The van der Waals surface area contributed by atoms with E-state index in [2.05, 4.69) is 5.32 Å². The second-order valence-electron chi connectivity index (χ2n) is 5.34. The van der Waals surface area contributed by atoms with Crippen LogP contribution in [0.1, 0.15) is 26.2 Å². The maximum atomic E-state index is 12.1. The molecule has 0 aliphatic carbocycles. The molecule has 0 spiro atoms. The Labute approximate surface area is 107 Å². The first-order chi connectivity index (χ1) is 8.52. The topological polar surface area (TPSA) is 84.7 Å². The number of amides is 2. The van der Waals surface area contributed by atoms with Gasteiger partial charge >= 0.3 is 0 Å². The second kappa shape index (κ2) is 5.24. The van der Waals surface area contributed by atoms with Gasteiger partial charge in [-0.1, -0.05) is 0 Å². The molecular formula is C12H21N3O3. The van der Waals surface area contributed by atoms with Crippen molar-refractivity contribution in [2.45, 2.75) is 37.8 Å². The van der Waals surface area contributed by atoms with Crippen molar-refractivity contribution in [1.29, 1.82) is 0 Å². The van der Waals surface area contributed by atoms with Crippen LogP contribution in [-0.2, 0) is 14.3 Å². The molecule has 0 aromatic heterocycles. The molecule has 2 amide bonds. The van der Waals surface area contributed by atoms with Crippen molar-refractivity contribution < 1.29 is 14.3 Å². The molecule has 18 heavy (non-hydrogen) atoms. The van der Waals surface area contributed by atoms with Crippen molar-refractivity contribution in [3.8, 4) is 0 Å². The van der Waals surface area contributed by atoms with Crippen LogP contribution >= 0.6 is 0 Å². The zero-order chi connectivity index (χ0) is 13.2. The van der Waals surface area contributed by atoms with Gasteiger partial charge in [-0.15, -0.1) is 0 Å². The number of primary amides is 1. The van der Waals surface area contributed by atoms with E-state index in [1.807, 2.05) is 6.92 Å². The van der Waals surface area contributed by atoms with Crippen molar-refractivity contribution in [3.63, 3.8) is 0 Å². The van der Waals surface area contributed by atoms with E-state index in [0.29, 0.717) is 13.0 Å². The van der Waals surface area contributed by atoms with Crippen LogP contribution in [0.4, 0.5) is 0 Å². The molecule has 3 N–H and O–H groups in total. The lowest BCUT2D eigenvalue weighted by atomic mass is 10.00.